The fourth-order valence-electron chi connectivity index (χ4n) is 3.26. The number of anilines is 2. The van der Waals surface area contributed by atoms with Crippen LogP contribution in [0.15, 0.2) is 42.5 Å². The zero-order chi connectivity index (χ0) is 15.1. The van der Waals surface area contributed by atoms with Crippen molar-refractivity contribution in [1.82, 2.24) is 0 Å². The Balaban J connectivity index is 1.54. The summed E-state index contributed by atoms with van der Waals surface area (Å²) >= 11 is 0. The van der Waals surface area contributed by atoms with Crippen LogP contribution < -0.4 is 10.2 Å². The van der Waals surface area contributed by atoms with Crippen LogP contribution in [0.2, 0.25) is 0 Å². The molecule has 0 saturated heterocycles. The van der Waals surface area contributed by atoms with Gasteiger partial charge in [0, 0.05) is 17.9 Å². The van der Waals surface area contributed by atoms with Crippen molar-refractivity contribution in [3.63, 3.8) is 0 Å². The molecule has 4 nitrogen and oxygen atoms in total. The Hall–Kier alpha value is -2.62. The Morgan fingerprint density at radius 3 is 2.91 bits per heavy atom. The summed E-state index contributed by atoms with van der Waals surface area (Å²) in [5, 5.41) is 2.81. The molecule has 0 fully saturated rings. The van der Waals surface area contributed by atoms with Crippen molar-refractivity contribution in [3.8, 4) is 0 Å². The number of rotatable bonds is 2. The SMILES string of the molecule is O=C1Cc2cc(CC(=O)N3CCc4ccccc43)ccc2N1. The number of para-hydroxylation sites is 1. The van der Waals surface area contributed by atoms with Gasteiger partial charge in [-0.15, -0.1) is 0 Å². The highest BCUT2D eigenvalue weighted by Crippen LogP contribution is 2.29. The summed E-state index contributed by atoms with van der Waals surface area (Å²) in [6.07, 6.45) is 1.70. The lowest BCUT2D eigenvalue weighted by atomic mass is 10.1. The third-order valence-electron chi connectivity index (χ3n) is 4.34. The molecule has 2 aromatic carbocycles. The fourth-order valence-corrected chi connectivity index (χ4v) is 3.26. The van der Waals surface area contributed by atoms with Crippen molar-refractivity contribution < 1.29 is 9.59 Å². The molecule has 0 aliphatic carbocycles. The van der Waals surface area contributed by atoms with Gasteiger partial charge in [-0.05, 0) is 35.2 Å². The molecule has 4 heteroatoms. The number of benzene rings is 2. The molecule has 0 bridgehead atoms. The third-order valence-corrected chi connectivity index (χ3v) is 4.34. The van der Waals surface area contributed by atoms with E-state index in [-0.39, 0.29) is 11.8 Å². The van der Waals surface area contributed by atoms with Crippen molar-refractivity contribution in [1.29, 1.82) is 0 Å². The maximum atomic E-state index is 12.6. The molecule has 0 spiro atoms. The van der Waals surface area contributed by atoms with Gasteiger partial charge in [0.2, 0.25) is 11.8 Å². The van der Waals surface area contributed by atoms with E-state index in [1.807, 2.05) is 41.3 Å². The number of carbonyl (C=O) groups is 2. The minimum absolute atomic E-state index is 0.0203. The van der Waals surface area contributed by atoms with Gasteiger partial charge in [0.15, 0.2) is 0 Å². The number of carbonyl (C=O) groups excluding carboxylic acids is 2. The van der Waals surface area contributed by atoms with Crippen molar-refractivity contribution in [3.05, 3.63) is 59.2 Å². The second kappa shape index (κ2) is 4.98. The zero-order valence-corrected chi connectivity index (χ0v) is 12.1. The van der Waals surface area contributed by atoms with Crippen molar-refractivity contribution >= 4 is 23.2 Å². The van der Waals surface area contributed by atoms with Gasteiger partial charge >= 0.3 is 0 Å². The van der Waals surface area contributed by atoms with E-state index in [0.717, 1.165) is 35.5 Å². The van der Waals surface area contributed by atoms with E-state index in [0.29, 0.717) is 12.8 Å². The highest BCUT2D eigenvalue weighted by molar-refractivity contribution is 6.00. The maximum absolute atomic E-state index is 12.6. The second-order valence-electron chi connectivity index (χ2n) is 5.82. The molecule has 2 aromatic rings. The Kier molecular flexibility index (Phi) is 2.96. The van der Waals surface area contributed by atoms with Crippen molar-refractivity contribution in [2.24, 2.45) is 0 Å². The minimum Gasteiger partial charge on any atom is -0.326 e. The van der Waals surface area contributed by atoms with E-state index in [1.165, 1.54) is 5.56 Å². The largest absolute Gasteiger partial charge is 0.326 e. The smallest absolute Gasteiger partial charge is 0.231 e. The standard InChI is InChI=1S/C18H16N2O2/c21-17-11-14-9-12(5-6-15(14)19-17)10-18(22)20-8-7-13-3-1-2-4-16(13)20/h1-6,9H,7-8,10-11H2,(H,19,21). The number of hydrogen-bond acceptors (Lipinski definition) is 2. The average Bonchev–Trinajstić information content (AvgIpc) is 3.09. The first-order chi connectivity index (χ1) is 10.7. The van der Waals surface area contributed by atoms with E-state index in [9.17, 15) is 9.59 Å². The highest BCUT2D eigenvalue weighted by Gasteiger charge is 2.24. The molecule has 0 saturated carbocycles. The van der Waals surface area contributed by atoms with Gasteiger partial charge in [0.25, 0.3) is 0 Å². The Morgan fingerprint density at radius 2 is 2.00 bits per heavy atom. The fraction of sp³-hybridized carbons (Fsp3) is 0.222. The van der Waals surface area contributed by atoms with Crippen LogP contribution in [0, 0.1) is 0 Å². The predicted octanol–water partition coefficient (Wildman–Crippen LogP) is 2.31. The molecule has 4 rings (SSSR count). The number of amides is 2. The van der Waals surface area contributed by atoms with Gasteiger partial charge in [-0.2, -0.15) is 0 Å². The number of nitrogens with one attached hydrogen (secondary N) is 1. The summed E-state index contributed by atoms with van der Waals surface area (Å²) < 4.78 is 0. The van der Waals surface area contributed by atoms with Gasteiger partial charge in [-0.25, -0.2) is 0 Å². The first kappa shape index (κ1) is 13.1. The van der Waals surface area contributed by atoms with Gasteiger partial charge < -0.3 is 10.2 Å². The highest BCUT2D eigenvalue weighted by atomic mass is 16.2. The van der Waals surface area contributed by atoms with Crippen LogP contribution in [0.5, 0.6) is 0 Å². The first-order valence-corrected chi connectivity index (χ1v) is 7.50. The molecular formula is C18H16N2O2. The summed E-state index contributed by atoms with van der Waals surface area (Å²) in [5.74, 6) is 0.133. The quantitative estimate of drug-likeness (QED) is 0.923. The monoisotopic (exact) mass is 292 g/mol. The molecule has 2 aliphatic heterocycles. The molecule has 110 valence electrons. The first-order valence-electron chi connectivity index (χ1n) is 7.50. The second-order valence-corrected chi connectivity index (χ2v) is 5.82. The van der Waals surface area contributed by atoms with Crippen LogP contribution in [0.4, 0.5) is 11.4 Å². The van der Waals surface area contributed by atoms with Crippen molar-refractivity contribution in [2.45, 2.75) is 19.3 Å². The van der Waals surface area contributed by atoms with Gasteiger partial charge in [0.05, 0.1) is 12.8 Å². The van der Waals surface area contributed by atoms with Crippen LogP contribution in [0.3, 0.4) is 0 Å². The molecule has 22 heavy (non-hydrogen) atoms. The Bertz CT molecular complexity index is 782. The lowest BCUT2D eigenvalue weighted by Crippen LogP contribution is -2.30. The normalized spacial score (nSPS) is 15.5. The molecule has 2 aliphatic rings. The molecule has 2 heterocycles. The lowest BCUT2D eigenvalue weighted by Gasteiger charge is -2.17. The number of nitrogens with zero attached hydrogens (tertiary/aromatic N) is 1. The maximum Gasteiger partial charge on any atom is 0.231 e. The molecule has 0 atom stereocenters. The lowest BCUT2D eigenvalue weighted by molar-refractivity contribution is -0.118. The molecule has 2 amide bonds. The minimum atomic E-state index is 0.0203. The van der Waals surface area contributed by atoms with E-state index in [2.05, 4.69) is 11.4 Å². The van der Waals surface area contributed by atoms with Crippen LogP contribution in [-0.4, -0.2) is 18.4 Å². The summed E-state index contributed by atoms with van der Waals surface area (Å²) in [7, 11) is 0. The number of hydrogen-bond donors (Lipinski definition) is 1. The van der Waals surface area contributed by atoms with E-state index < -0.39 is 0 Å². The Morgan fingerprint density at radius 1 is 1.14 bits per heavy atom. The molecule has 1 N–H and O–H groups in total. The van der Waals surface area contributed by atoms with Crippen LogP contribution in [0.1, 0.15) is 16.7 Å². The van der Waals surface area contributed by atoms with Gasteiger partial charge in [-0.1, -0.05) is 30.3 Å². The molecular weight excluding hydrogens is 276 g/mol. The summed E-state index contributed by atoms with van der Waals surface area (Å²) in [4.78, 5) is 25.8. The summed E-state index contributed by atoms with van der Waals surface area (Å²) in [6.45, 7) is 0.753. The van der Waals surface area contributed by atoms with Crippen LogP contribution in [0.25, 0.3) is 0 Å². The Labute approximate surface area is 128 Å². The zero-order valence-electron chi connectivity index (χ0n) is 12.1. The summed E-state index contributed by atoms with van der Waals surface area (Å²) in [5.41, 5.74) is 5.08. The van der Waals surface area contributed by atoms with Crippen LogP contribution >= 0.6 is 0 Å². The summed E-state index contributed by atoms with van der Waals surface area (Å²) in [6, 6.07) is 13.8. The van der Waals surface area contributed by atoms with Gasteiger partial charge in [0.1, 0.15) is 0 Å². The average molecular weight is 292 g/mol. The van der Waals surface area contributed by atoms with E-state index in [1.54, 1.807) is 0 Å². The van der Waals surface area contributed by atoms with E-state index in [4.69, 9.17) is 0 Å². The number of fused-ring (bicyclic) bond motifs is 2. The van der Waals surface area contributed by atoms with Crippen LogP contribution in [-0.2, 0) is 28.9 Å². The third kappa shape index (κ3) is 2.17. The molecule has 0 aromatic heterocycles. The van der Waals surface area contributed by atoms with E-state index >= 15 is 0 Å². The predicted molar refractivity (Wildman–Crippen MR) is 85.0 cm³/mol. The topological polar surface area (TPSA) is 49.4 Å². The molecule has 0 radical (unpaired) electrons. The van der Waals surface area contributed by atoms with Gasteiger partial charge in [-0.3, -0.25) is 9.59 Å². The molecule has 0 unspecified atom stereocenters. The van der Waals surface area contributed by atoms with Crippen molar-refractivity contribution in [2.75, 3.05) is 16.8 Å².